The van der Waals surface area contributed by atoms with Crippen molar-refractivity contribution in [3.05, 3.63) is 60.8 Å². The maximum atomic E-state index is 10.8. The van der Waals surface area contributed by atoms with E-state index in [1.807, 2.05) is 13.8 Å². The lowest BCUT2D eigenvalue weighted by Gasteiger charge is -2.24. The van der Waals surface area contributed by atoms with Crippen LogP contribution in [0.4, 0.5) is 0 Å². The zero-order chi connectivity index (χ0) is 22.2. The van der Waals surface area contributed by atoms with Crippen molar-refractivity contribution < 1.29 is 19.1 Å². The predicted octanol–water partition coefficient (Wildman–Crippen LogP) is 6.26. The van der Waals surface area contributed by atoms with Crippen molar-refractivity contribution in [2.24, 2.45) is 0 Å². The summed E-state index contributed by atoms with van der Waals surface area (Å²) in [5, 5.41) is 0. The lowest BCUT2D eigenvalue weighted by atomic mass is 9.99. The minimum atomic E-state index is -0.530. The molecular formula is C24H38O4. The van der Waals surface area contributed by atoms with Crippen LogP contribution in [0, 0.1) is 0 Å². The molecule has 0 rings (SSSR count). The average molecular weight is 391 g/mol. The Morgan fingerprint density at radius 1 is 0.964 bits per heavy atom. The molecule has 1 unspecified atom stereocenters. The first-order chi connectivity index (χ1) is 13.0. The van der Waals surface area contributed by atoms with Gasteiger partial charge in [-0.3, -0.25) is 9.59 Å². The first-order valence-electron chi connectivity index (χ1n) is 9.51. The molecule has 0 aliphatic rings. The molecule has 4 nitrogen and oxygen atoms in total. The van der Waals surface area contributed by atoms with Crippen LogP contribution >= 0.6 is 0 Å². The maximum Gasteiger partial charge on any atom is 0.303 e. The molecule has 0 aromatic rings. The topological polar surface area (TPSA) is 52.6 Å². The van der Waals surface area contributed by atoms with Crippen molar-refractivity contribution in [3.63, 3.8) is 0 Å². The molecule has 0 aliphatic heterocycles. The Bertz CT molecular complexity index is 592. The van der Waals surface area contributed by atoms with Crippen molar-refractivity contribution in [1.82, 2.24) is 0 Å². The standard InChI is InChI=1S/C12H20O2.C12H18O2/c1-6-12(5,14-11(4)13)9-7-8-10(2)3;1-5-10(2)7-6-8-11(3)9-14-12(4)13/h6,8H,1,7,9H2,2-5H3;5,8H,1-2,6-7,9H2,3-4H3. The molecule has 0 heterocycles. The molecule has 0 fully saturated rings. The van der Waals surface area contributed by atoms with E-state index in [-0.39, 0.29) is 11.9 Å². The summed E-state index contributed by atoms with van der Waals surface area (Å²) in [5.74, 6) is -0.502. The Morgan fingerprint density at radius 3 is 2.00 bits per heavy atom. The predicted molar refractivity (Wildman–Crippen MR) is 118 cm³/mol. The van der Waals surface area contributed by atoms with Gasteiger partial charge in [0.15, 0.2) is 0 Å². The van der Waals surface area contributed by atoms with Gasteiger partial charge in [-0.1, -0.05) is 49.1 Å². The van der Waals surface area contributed by atoms with Gasteiger partial charge >= 0.3 is 11.9 Å². The molecule has 0 aromatic carbocycles. The van der Waals surface area contributed by atoms with E-state index in [4.69, 9.17) is 9.47 Å². The Hall–Kier alpha value is -2.36. The van der Waals surface area contributed by atoms with Gasteiger partial charge in [-0.2, -0.15) is 0 Å². The summed E-state index contributed by atoms with van der Waals surface area (Å²) in [6.07, 6.45) is 11.1. The van der Waals surface area contributed by atoms with Crippen LogP contribution in [-0.4, -0.2) is 24.1 Å². The SMILES string of the molecule is C=CC(=C)CCC=C(C)COC(C)=O.C=CC(C)(CCC=C(C)C)OC(C)=O. The van der Waals surface area contributed by atoms with Crippen molar-refractivity contribution in [2.75, 3.05) is 6.61 Å². The molecule has 0 bridgehead atoms. The molecule has 0 aliphatic carbocycles. The molecule has 28 heavy (non-hydrogen) atoms. The van der Waals surface area contributed by atoms with Crippen molar-refractivity contribution >= 4 is 11.9 Å². The Balaban J connectivity index is 0. The van der Waals surface area contributed by atoms with Gasteiger partial charge < -0.3 is 9.47 Å². The molecule has 4 heteroatoms. The normalized spacial score (nSPS) is 12.4. The van der Waals surface area contributed by atoms with E-state index < -0.39 is 5.60 Å². The second-order valence-electron chi connectivity index (χ2n) is 7.16. The van der Waals surface area contributed by atoms with E-state index in [0.29, 0.717) is 6.61 Å². The largest absolute Gasteiger partial charge is 0.461 e. The smallest absolute Gasteiger partial charge is 0.303 e. The van der Waals surface area contributed by atoms with Crippen LogP contribution < -0.4 is 0 Å². The molecule has 158 valence electrons. The van der Waals surface area contributed by atoms with E-state index in [9.17, 15) is 9.59 Å². The number of ether oxygens (including phenoxy) is 2. The van der Waals surface area contributed by atoms with Gasteiger partial charge in [0.25, 0.3) is 0 Å². The quantitative estimate of drug-likeness (QED) is 0.237. The number of allylic oxidation sites excluding steroid dienone is 5. The molecule has 0 saturated heterocycles. The van der Waals surface area contributed by atoms with Crippen LogP contribution in [0.5, 0.6) is 0 Å². The van der Waals surface area contributed by atoms with Crippen LogP contribution in [0.1, 0.15) is 67.2 Å². The lowest BCUT2D eigenvalue weighted by Crippen LogP contribution is -2.27. The summed E-state index contributed by atoms with van der Waals surface area (Å²) >= 11 is 0. The van der Waals surface area contributed by atoms with E-state index in [0.717, 1.165) is 36.8 Å². The Labute approximate surface area is 171 Å². The van der Waals surface area contributed by atoms with Gasteiger partial charge in [0, 0.05) is 13.8 Å². The summed E-state index contributed by atoms with van der Waals surface area (Å²) in [6, 6.07) is 0. The fraction of sp³-hybridized carbons (Fsp3) is 0.500. The van der Waals surface area contributed by atoms with Crippen molar-refractivity contribution in [3.8, 4) is 0 Å². The highest BCUT2D eigenvalue weighted by atomic mass is 16.6. The van der Waals surface area contributed by atoms with E-state index >= 15 is 0 Å². The minimum absolute atomic E-state index is 0.242. The number of rotatable bonds is 11. The first-order valence-corrected chi connectivity index (χ1v) is 9.51. The monoisotopic (exact) mass is 390 g/mol. The fourth-order valence-corrected chi connectivity index (χ4v) is 2.05. The van der Waals surface area contributed by atoms with Gasteiger partial charge in [0.1, 0.15) is 12.2 Å². The zero-order valence-electron chi connectivity index (χ0n) is 18.6. The second kappa shape index (κ2) is 15.7. The Kier molecular flexibility index (Phi) is 15.6. The van der Waals surface area contributed by atoms with Gasteiger partial charge in [0.2, 0.25) is 0 Å². The highest BCUT2D eigenvalue weighted by Gasteiger charge is 2.22. The molecular weight excluding hydrogens is 352 g/mol. The summed E-state index contributed by atoms with van der Waals surface area (Å²) < 4.78 is 10.0. The van der Waals surface area contributed by atoms with Gasteiger partial charge in [-0.05, 0) is 65.0 Å². The minimum Gasteiger partial charge on any atom is -0.461 e. The number of hydrogen-bond acceptors (Lipinski definition) is 4. The summed E-state index contributed by atoms with van der Waals surface area (Å²) in [6.45, 7) is 22.3. The maximum absolute atomic E-state index is 10.8. The van der Waals surface area contributed by atoms with E-state index in [1.165, 1.54) is 19.4 Å². The van der Waals surface area contributed by atoms with Crippen molar-refractivity contribution in [1.29, 1.82) is 0 Å². The molecule has 1 atom stereocenters. The van der Waals surface area contributed by atoms with Crippen LogP contribution in [0.15, 0.2) is 60.8 Å². The highest BCUT2D eigenvalue weighted by Crippen LogP contribution is 2.20. The second-order valence-corrected chi connectivity index (χ2v) is 7.16. The van der Waals surface area contributed by atoms with E-state index in [2.05, 4.69) is 45.7 Å². The molecule has 0 amide bonds. The number of carbonyl (C=O) groups excluding carboxylic acids is 2. The van der Waals surface area contributed by atoms with Crippen LogP contribution in [0.2, 0.25) is 0 Å². The zero-order valence-corrected chi connectivity index (χ0v) is 18.6. The van der Waals surface area contributed by atoms with Gasteiger partial charge in [-0.15, -0.1) is 0 Å². The lowest BCUT2D eigenvalue weighted by molar-refractivity contribution is -0.151. The molecule has 0 radical (unpaired) electrons. The summed E-state index contributed by atoms with van der Waals surface area (Å²) in [4.78, 5) is 21.3. The van der Waals surface area contributed by atoms with Crippen LogP contribution in [0.25, 0.3) is 0 Å². The van der Waals surface area contributed by atoms with Crippen molar-refractivity contribution in [2.45, 2.75) is 72.8 Å². The fourth-order valence-electron chi connectivity index (χ4n) is 2.05. The molecule has 0 N–H and O–H groups in total. The van der Waals surface area contributed by atoms with Gasteiger partial charge in [0.05, 0.1) is 0 Å². The van der Waals surface area contributed by atoms with Crippen LogP contribution in [0.3, 0.4) is 0 Å². The molecule has 0 spiro atoms. The summed E-state index contributed by atoms with van der Waals surface area (Å²) in [5.41, 5.74) is 2.84. The van der Waals surface area contributed by atoms with Crippen LogP contribution in [-0.2, 0) is 19.1 Å². The summed E-state index contributed by atoms with van der Waals surface area (Å²) in [7, 11) is 0. The third-order valence-electron chi connectivity index (χ3n) is 3.75. The molecule has 0 aromatic heterocycles. The first kappa shape index (κ1) is 27.9. The number of carbonyl (C=O) groups is 2. The third-order valence-corrected chi connectivity index (χ3v) is 3.75. The third kappa shape index (κ3) is 18.4. The molecule has 0 saturated carbocycles. The Morgan fingerprint density at radius 2 is 1.57 bits per heavy atom. The van der Waals surface area contributed by atoms with Gasteiger partial charge in [-0.25, -0.2) is 0 Å². The highest BCUT2D eigenvalue weighted by molar-refractivity contribution is 5.66. The number of esters is 2. The average Bonchev–Trinajstić information content (AvgIpc) is 2.59. The number of hydrogen-bond donors (Lipinski definition) is 0. The van der Waals surface area contributed by atoms with E-state index in [1.54, 1.807) is 12.2 Å².